The summed E-state index contributed by atoms with van der Waals surface area (Å²) in [5, 5.41) is 2.46. The lowest BCUT2D eigenvalue weighted by Gasteiger charge is -2.24. The van der Waals surface area contributed by atoms with Gasteiger partial charge < -0.3 is 4.57 Å². The van der Waals surface area contributed by atoms with Gasteiger partial charge in [0.2, 0.25) is 0 Å². The van der Waals surface area contributed by atoms with Crippen LogP contribution >= 0.6 is 0 Å². The molecule has 0 fully saturated rings. The first-order valence-corrected chi connectivity index (χ1v) is 18.1. The number of hydrogen-bond donors (Lipinski definition) is 0. The van der Waals surface area contributed by atoms with E-state index in [4.69, 9.17) is 4.98 Å². The summed E-state index contributed by atoms with van der Waals surface area (Å²) in [7, 11) is 0. The van der Waals surface area contributed by atoms with Crippen molar-refractivity contribution in [1.29, 1.82) is 0 Å². The lowest BCUT2D eigenvalue weighted by molar-refractivity contribution is 0.662. The first kappa shape index (κ1) is 30.3. The third-order valence-electron chi connectivity index (χ3n) is 11.0. The first-order chi connectivity index (χ1) is 25.5. The number of rotatable bonds is 5. The predicted octanol–water partition coefficient (Wildman–Crippen LogP) is 13.2. The molecular formula is C50H36N2. The van der Waals surface area contributed by atoms with Crippen LogP contribution in [-0.4, -0.2) is 9.55 Å². The second kappa shape index (κ2) is 11.8. The van der Waals surface area contributed by atoms with Crippen molar-refractivity contribution in [2.24, 2.45) is 0 Å². The minimum atomic E-state index is -0.0929. The van der Waals surface area contributed by atoms with Gasteiger partial charge in [-0.05, 0) is 87.0 Å². The van der Waals surface area contributed by atoms with Gasteiger partial charge in [0.15, 0.2) is 0 Å². The second-order valence-corrected chi connectivity index (χ2v) is 14.4. The molecule has 2 nitrogen and oxygen atoms in total. The van der Waals surface area contributed by atoms with Crippen molar-refractivity contribution < 1.29 is 0 Å². The van der Waals surface area contributed by atoms with Crippen molar-refractivity contribution >= 4 is 21.8 Å². The molecule has 0 radical (unpaired) electrons. The standard InChI is InChI=1S/C50H36N2/c1-50(2)44-24-13-12-21-40(44)42-23-14-22-39(49(42)50)35-26-28-47-43(29-35)41-27-25-36(32-48(41)52(47)38-19-10-5-11-20-38)46-31-37(33-15-6-3-7-16-33)30-45(51-46)34-17-8-4-9-18-34/h3-32H,1-2H3. The Morgan fingerprint density at radius 3 is 1.79 bits per heavy atom. The van der Waals surface area contributed by atoms with Crippen molar-refractivity contribution in [3.63, 3.8) is 0 Å². The number of para-hydroxylation sites is 1. The van der Waals surface area contributed by atoms with Crippen LogP contribution in [0, 0.1) is 0 Å². The number of aromatic nitrogens is 2. The highest BCUT2D eigenvalue weighted by molar-refractivity contribution is 6.11. The van der Waals surface area contributed by atoms with E-state index in [-0.39, 0.29) is 5.41 Å². The van der Waals surface area contributed by atoms with Crippen molar-refractivity contribution in [3.8, 4) is 61.6 Å². The molecule has 246 valence electrons. The summed E-state index contributed by atoms with van der Waals surface area (Å²) in [6.07, 6.45) is 0. The molecule has 2 heteroatoms. The summed E-state index contributed by atoms with van der Waals surface area (Å²) in [6.45, 7) is 4.74. The topological polar surface area (TPSA) is 17.8 Å². The van der Waals surface area contributed by atoms with Crippen LogP contribution in [0.5, 0.6) is 0 Å². The summed E-state index contributed by atoms with van der Waals surface area (Å²) in [5.74, 6) is 0. The van der Waals surface area contributed by atoms with Gasteiger partial charge in [-0.1, -0.05) is 153 Å². The number of benzene rings is 7. The molecule has 0 aliphatic heterocycles. The Labute approximate surface area is 304 Å². The lowest BCUT2D eigenvalue weighted by atomic mass is 9.79. The Hall–Kier alpha value is -6.51. The quantitative estimate of drug-likeness (QED) is 0.179. The molecule has 10 rings (SSSR count). The van der Waals surface area contributed by atoms with Crippen LogP contribution in [0.3, 0.4) is 0 Å². The fourth-order valence-electron chi connectivity index (χ4n) is 8.52. The molecule has 52 heavy (non-hydrogen) atoms. The summed E-state index contributed by atoms with van der Waals surface area (Å²) in [6, 6.07) is 65.8. The molecule has 0 saturated heterocycles. The maximum atomic E-state index is 5.27. The molecule has 2 aromatic heterocycles. The number of nitrogens with zero attached hydrogens (tertiary/aromatic N) is 2. The molecule has 0 N–H and O–H groups in total. The molecule has 1 aliphatic carbocycles. The van der Waals surface area contributed by atoms with E-state index in [1.54, 1.807) is 0 Å². The fraction of sp³-hybridized carbons (Fsp3) is 0.0600. The van der Waals surface area contributed by atoms with Crippen LogP contribution in [-0.2, 0) is 5.41 Å². The third kappa shape index (κ3) is 4.76. The van der Waals surface area contributed by atoms with Crippen LogP contribution < -0.4 is 0 Å². The van der Waals surface area contributed by atoms with Crippen LogP contribution in [0.2, 0.25) is 0 Å². The molecule has 0 atom stereocenters. The molecule has 0 saturated carbocycles. The van der Waals surface area contributed by atoms with Crippen molar-refractivity contribution in [2.75, 3.05) is 0 Å². The Morgan fingerprint density at radius 2 is 1.02 bits per heavy atom. The monoisotopic (exact) mass is 664 g/mol. The van der Waals surface area contributed by atoms with Crippen LogP contribution in [0.4, 0.5) is 0 Å². The van der Waals surface area contributed by atoms with Gasteiger partial charge in [-0.15, -0.1) is 0 Å². The molecule has 0 amide bonds. The zero-order valence-electron chi connectivity index (χ0n) is 29.2. The van der Waals surface area contributed by atoms with Gasteiger partial charge in [-0.25, -0.2) is 4.98 Å². The average molecular weight is 665 g/mol. The van der Waals surface area contributed by atoms with E-state index in [1.165, 1.54) is 55.2 Å². The largest absolute Gasteiger partial charge is 0.309 e. The van der Waals surface area contributed by atoms with Crippen LogP contribution in [0.25, 0.3) is 83.4 Å². The van der Waals surface area contributed by atoms with E-state index in [2.05, 4.69) is 200 Å². The lowest BCUT2D eigenvalue weighted by Crippen LogP contribution is -2.16. The van der Waals surface area contributed by atoms with Crippen molar-refractivity contribution in [1.82, 2.24) is 9.55 Å². The summed E-state index contributed by atoms with van der Waals surface area (Å²) >= 11 is 0. The van der Waals surface area contributed by atoms with Gasteiger partial charge in [-0.2, -0.15) is 0 Å². The SMILES string of the molecule is CC1(C)c2ccccc2-c2cccc(-c3ccc4c(c3)c3ccc(-c5cc(-c6ccccc6)cc(-c6ccccc6)n5)cc3n4-c3ccccc3)c21. The van der Waals surface area contributed by atoms with Crippen LogP contribution in [0.15, 0.2) is 182 Å². The van der Waals surface area contributed by atoms with E-state index >= 15 is 0 Å². The summed E-state index contributed by atoms with van der Waals surface area (Å²) < 4.78 is 2.41. The normalized spacial score (nSPS) is 13.0. The van der Waals surface area contributed by atoms with E-state index in [1.807, 2.05) is 0 Å². The first-order valence-electron chi connectivity index (χ1n) is 18.1. The van der Waals surface area contributed by atoms with Gasteiger partial charge >= 0.3 is 0 Å². The zero-order valence-corrected chi connectivity index (χ0v) is 29.2. The second-order valence-electron chi connectivity index (χ2n) is 14.4. The Morgan fingerprint density at radius 1 is 0.404 bits per heavy atom. The number of hydrogen-bond acceptors (Lipinski definition) is 1. The zero-order chi connectivity index (χ0) is 34.8. The Kier molecular flexibility index (Phi) is 6.87. The maximum Gasteiger partial charge on any atom is 0.0716 e. The van der Waals surface area contributed by atoms with Crippen molar-refractivity contribution in [3.05, 3.63) is 193 Å². The van der Waals surface area contributed by atoms with Crippen molar-refractivity contribution in [2.45, 2.75) is 19.3 Å². The molecule has 2 heterocycles. The van der Waals surface area contributed by atoms with E-state index in [0.717, 1.165) is 39.3 Å². The van der Waals surface area contributed by atoms with Gasteiger partial charge in [-0.3, -0.25) is 0 Å². The predicted molar refractivity (Wildman–Crippen MR) is 218 cm³/mol. The number of fused-ring (bicyclic) bond motifs is 6. The molecule has 0 bridgehead atoms. The highest BCUT2D eigenvalue weighted by Crippen LogP contribution is 2.52. The van der Waals surface area contributed by atoms with Gasteiger partial charge in [0, 0.05) is 33.0 Å². The molecular weight excluding hydrogens is 629 g/mol. The highest BCUT2D eigenvalue weighted by Gasteiger charge is 2.37. The summed E-state index contributed by atoms with van der Waals surface area (Å²) in [5.41, 5.74) is 17.9. The van der Waals surface area contributed by atoms with Gasteiger partial charge in [0.25, 0.3) is 0 Å². The maximum absolute atomic E-state index is 5.27. The number of pyridine rings is 1. The smallest absolute Gasteiger partial charge is 0.0716 e. The van der Waals surface area contributed by atoms with E-state index in [9.17, 15) is 0 Å². The summed E-state index contributed by atoms with van der Waals surface area (Å²) in [4.78, 5) is 5.27. The average Bonchev–Trinajstić information content (AvgIpc) is 3.66. The van der Waals surface area contributed by atoms with Crippen LogP contribution in [0.1, 0.15) is 25.0 Å². The fourth-order valence-corrected chi connectivity index (χ4v) is 8.52. The van der Waals surface area contributed by atoms with E-state index < -0.39 is 0 Å². The molecule has 0 spiro atoms. The minimum Gasteiger partial charge on any atom is -0.309 e. The Bertz CT molecular complexity index is 2730. The Balaban J connectivity index is 1.19. The minimum absolute atomic E-state index is 0.0929. The molecule has 9 aromatic rings. The van der Waals surface area contributed by atoms with E-state index in [0.29, 0.717) is 0 Å². The molecule has 7 aromatic carbocycles. The molecule has 1 aliphatic rings. The van der Waals surface area contributed by atoms with Gasteiger partial charge in [0.05, 0.1) is 22.4 Å². The molecule has 0 unspecified atom stereocenters. The van der Waals surface area contributed by atoms with Gasteiger partial charge in [0.1, 0.15) is 0 Å². The highest BCUT2D eigenvalue weighted by atomic mass is 15.0. The third-order valence-corrected chi connectivity index (χ3v) is 11.0.